The van der Waals surface area contributed by atoms with Crippen molar-refractivity contribution in [2.75, 3.05) is 13.7 Å². The van der Waals surface area contributed by atoms with Gasteiger partial charge in [-0.25, -0.2) is 4.79 Å². The number of aromatic carboxylic acids is 1. The number of carbonyl (C=O) groups is 1. The second-order valence-corrected chi connectivity index (χ2v) is 3.25. The monoisotopic (exact) mass is 224 g/mol. The smallest absolute Gasteiger partial charge is 0.336 e. The summed E-state index contributed by atoms with van der Waals surface area (Å²) in [6.45, 7) is 4.22. The van der Waals surface area contributed by atoms with E-state index in [0.717, 1.165) is 5.56 Å². The molecule has 0 fully saturated rings. The van der Waals surface area contributed by atoms with Crippen molar-refractivity contribution < 1.29 is 19.4 Å². The minimum Gasteiger partial charge on any atom is -0.493 e. The van der Waals surface area contributed by atoms with Crippen molar-refractivity contribution in [1.29, 1.82) is 0 Å². The van der Waals surface area contributed by atoms with Crippen molar-refractivity contribution in [3.05, 3.63) is 23.3 Å². The Morgan fingerprint density at radius 1 is 1.31 bits per heavy atom. The molecule has 0 aliphatic rings. The summed E-state index contributed by atoms with van der Waals surface area (Å²) in [5, 5.41) is 9.06. The van der Waals surface area contributed by atoms with E-state index in [9.17, 15) is 4.79 Å². The van der Waals surface area contributed by atoms with E-state index >= 15 is 0 Å². The minimum atomic E-state index is -0.944. The first kappa shape index (κ1) is 12.4. The van der Waals surface area contributed by atoms with Gasteiger partial charge in [0.2, 0.25) is 0 Å². The van der Waals surface area contributed by atoms with E-state index in [0.29, 0.717) is 24.5 Å². The number of methoxy groups -OCH3 is 1. The Hall–Kier alpha value is -1.71. The van der Waals surface area contributed by atoms with Crippen LogP contribution in [-0.4, -0.2) is 24.8 Å². The lowest BCUT2D eigenvalue weighted by molar-refractivity contribution is 0.0695. The number of rotatable bonds is 5. The number of hydrogen-bond donors (Lipinski definition) is 1. The van der Waals surface area contributed by atoms with Gasteiger partial charge in [-0.1, -0.05) is 6.92 Å². The highest BCUT2D eigenvalue weighted by molar-refractivity contribution is 5.90. The van der Waals surface area contributed by atoms with Crippen LogP contribution < -0.4 is 9.47 Å². The molecular formula is C12H16O4. The number of carboxylic acid groups (broad SMARTS) is 1. The van der Waals surface area contributed by atoms with Crippen LogP contribution in [0.5, 0.6) is 11.5 Å². The molecule has 0 amide bonds. The van der Waals surface area contributed by atoms with Crippen LogP contribution in [0.2, 0.25) is 0 Å². The van der Waals surface area contributed by atoms with E-state index in [2.05, 4.69) is 0 Å². The Bertz CT molecular complexity index is 385. The van der Waals surface area contributed by atoms with Crippen molar-refractivity contribution in [1.82, 2.24) is 0 Å². The van der Waals surface area contributed by atoms with Gasteiger partial charge in [-0.2, -0.15) is 0 Å². The molecule has 16 heavy (non-hydrogen) atoms. The fourth-order valence-corrected chi connectivity index (χ4v) is 1.52. The number of aryl methyl sites for hydroxylation is 1. The summed E-state index contributed by atoms with van der Waals surface area (Å²) in [6.07, 6.45) is 0.643. The van der Waals surface area contributed by atoms with Crippen LogP contribution in [0.3, 0.4) is 0 Å². The molecule has 88 valence electrons. The summed E-state index contributed by atoms with van der Waals surface area (Å²) in [7, 11) is 1.54. The molecule has 0 radical (unpaired) electrons. The Morgan fingerprint density at radius 3 is 2.44 bits per heavy atom. The molecule has 0 aliphatic carbocycles. The molecule has 0 bridgehead atoms. The van der Waals surface area contributed by atoms with Crippen LogP contribution in [0.25, 0.3) is 0 Å². The Labute approximate surface area is 94.8 Å². The van der Waals surface area contributed by atoms with Crippen LogP contribution in [0.1, 0.15) is 29.8 Å². The first-order valence-electron chi connectivity index (χ1n) is 5.21. The van der Waals surface area contributed by atoms with Crippen molar-refractivity contribution in [3.63, 3.8) is 0 Å². The van der Waals surface area contributed by atoms with Crippen molar-refractivity contribution >= 4 is 5.97 Å². The highest BCUT2D eigenvalue weighted by Gasteiger charge is 2.14. The third kappa shape index (κ3) is 2.45. The summed E-state index contributed by atoms with van der Waals surface area (Å²) in [4.78, 5) is 11.0. The lowest BCUT2D eigenvalue weighted by Crippen LogP contribution is -2.05. The van der Waals surface area contributed by atoms with Gasteiger partial charge in [0.15, 0.2) is 11.5 Å². The van der Waals surface area contributed by atoms with Crippen LogP contribution >= 0.6 is 0 Å². The normalized spacial score (nSPS) is 9.94. The first-order chi connectivity index (χ1) is 7.63. The average molecular weight is 224 g/mol. The molecular weight excluding hydrogens is 208 g/mol. The van der Waals surface area contributed by atoms with Gasteiger partial charge in [-0.15, -0.1) is 0 Å². The maximum Gasteiger partial charge on any atom is 0.336 e. The fourth-order valence-electron chi connectivity index (χ4n) is 1.52. The standard InChI is InChI=1S/C12H16O4/c1-4-8-6-10(15-3)11(16-5-2)7-9(8)12(13)14/h6-7H,4-5H2,1-3H3,(H,13,14). The van der Waals surface area contributed by atoms with Crippen LogP contribution in [0.4, 0.5) is 0 Å². The number of carboxylic acids is 1. The van der Waals surface area contributed by atoms with E-state index in [-0.39, 0.29) is 5.56 Å². The topological polar surface area (TPSA) is 55.8 Å². The summed E-state index contributed by atoms with van der Waals surface area (Å²) < 4.78 is 10.5. The zero-order chi connectivity index (χ0) is 12.1. The molecule has 0 saturated heterocycles. The summed E-state index contributed by atoms with van der Waals surface area (Å²) in [6, 6.07) is 3.23. The molecule has 4 nitrogen and oxygen atoms in total. The van der Waals surface area contributed by atoms with Crippen LogP contribution in [0, 0.1) is 0 Å². The zero-order valence-corrected chi connectivity index (χ0v) is 9.74. The van der Waals surface area contributed by atoms with Gasteiger partial charge in [-0.05, 0) is 31.0 Å². The predicted molar refractivity (Wildman–Crippen MR) is 60.5 cm³/mol. The van der Waals surface area contributed by atoms with Crippen molar-refractivity contribution in [2.45, 2.75) is 20.3 Å². The minimum absolute atomic E-state index is 0.270. The largest absolute Gasteiger partial charge is 0.493 e. The highest BCUT2D eigenvalue weighted by atomic mass is 16.5. The lowest BCUT2D eigenvalue weighted by atomic mass is 10.0. The zero-order valence-electron chi connectivity index (χ0n) is 9.74. The van der Waals surface area contributed by atoms with Crippen molar-refractivity contribution in [3.8, 4) is 11.5 Å². The molecule has 0 atom stereocenters. The molecule has 0 spiro atoms. The van der Waals surface area contributed by atoms with Gasteiger partial charge >= 0.3 is 5.97 Å². The Kier molecular flexibility index (Phi) is 4.17. The van der Waals surface area contributed by atoms with E-state index in [1.165, 1.54) is 13.2 Å². The van der Waals surface area contributed by atoms with E-state index < -0.39 is 5.97 Å². The Balaban J connectivity index is 3.28. The molecule has 0 saturated carbocycles. The quantitative estimate of drug-likeness (QED) is 0.834. The van der Waals surface area contributed by atoms with Gasteiger partial charge in [0.05, 0.1) is 19.3 Å². The third-order valence-corrected chi connectivity index (χ3v) is 2.30. The molecule has 1 rings (SSSR count). The molecule has 0 unspecified atom stereocenters. The maximum atomic E-state index is 11.0. The van der Waals surface area contributed by atoms with Crippen LogP contribution in [0.15, 0.2) is 12.1 Å². The van der Waals surface area contributed by atoms with E-state index in [4.69, 9.17) is 14.6 Å². The molecule has 1 aromatic rings. The Morgan fingerprint density at radius 2 is 2.00 bits per heavy atom. The summed E-state index contributed by atoms with van der Waals surface area (Å²) >= 11 is 0. The average Bonchev–Trinajstić information content (AvgIpc) is 2.28. The third-order valence-electron chi connectivity index (χ3n) is 2.30. The summed E-state index contributed by atoms with van der Waals surface area (Å²) in [5.41, 5.74) is 1.01. The van der Waals surface area contributed by atoms with Gasteiger partial charge in [0.25, 0.3) is 0 Å². The molecule has 4 heteroatoms. The highest BCUT2D eigenvalue weighted by Crippen LogP contribution is 2.31. The van der Waals surface area contributed by atoms with E-state index in [1.807, 2.05) is 13.8 Å². The van der Waals surface area contributed by atoms with Gasteiger partial charge in [0, 0.05) is 0 Å². The van der Waals surface area contributed by atoms with E-state index in [1.54, 1.807) is 6.07 Å². The second kappa shape index (κ2) is 5.39. The van der Waals surface area contributed by atoms with Gasteiger partial charge < -0.3 is 14.6 Å². The molecule has 0 heterocycles. The molecule has 0 aliphatic heterocycles. The van der Waals surface area contributed by atoms with Gasteiger partial charge in [-0.3, -0.25) is 0 Å². The summed E-state index contributed by atoms with van der Waals surface area (Å²) in [5.74, 6) is 0.101. The lowest BCUT2D eigenvalue weighted by Gasteiger charge is -2.12. The first-order valence-corrected chi connectivity index (χ1v) is 5.21. The fraction of sp³-hybridized carbons (Fsp3) is 0.417. The van der Waals surface area contributed by atoms with Crippen molar-refractivity contribution in [2.24, 2.45) is 0 Å². The van der Waals surface area contributed by atoms with Gasteiger partial charge in [0.1, 0.15) is 0 Å². The number of hydrogen-bond acceptors (Lipinski definition) is 3. The molecule has 0 aromatic heterocycles. The molecule has 1 aromatic carbocycles. The maximum absolute atomic E-state index is 11.0. The SMILES string of the molecule is CCOc1cc(C(=O)O)c(CC)cc1OC. The predicted octanol–water partition coefficient (Wildman–Crippen LogP) is 2.35. The van der Waals surface area contributed by atoms with Crippen LogP contribution in [-0.2, 0) is 6.42 Å². The second-order valence-electron chi connectivity index (χ2n) is 3.25. The number of benzene rings is 1. The number of ether oxygens (including phenoxy) is 2. The molecule has 1 N–H and O–H groups in total.